The number of morpholine rings is 1. The van der Waals surface area contributed by atoms with E-state index in [0.717, 1.165) is 12.1 Å². The predicted molar refractivity (Wildman–Crippen MR) is 69.0 cm³/mol. The largest absolute Gasteiger partial charge is 0.374 e. The lowest BCUT2D eigenvalue weighted by molar-refractivity contribution is 0.00450. The van der Waals surface area contributed by atoms with Crippen LogP contribution in [0, 0.1) is 5.82 Å². The Balaban J connectivity index is 2.31. The molecule has 1 unspecified atom stereocenters. The number of halogens is 2. The average Bonchev–Trinajstić information content (AvgIpc) is 2.38. The number of nitrogens with zero attached hydrogens (tertiary/aromatic N) is 1. The molecule has 1 fully saturated rings. The van der Waals surface area contributed by atoms with Gasteiger partial charge in [0.15, 0.2) is 0 Å². The third-order valence-electron chi connectivity index (χ3n) is 2.88. The van der Waals surface area contributed by atoms with Crippen LogP contribution in [0.5, 0.6) is 0 Å². The molecule has 2 N–H and O–H groups in total. The quantitative estimate of drug-likeness (QED) is 0.897. The smallest absolute Gasteiger partial charge is 0.244 e. The lowest BCUT2D eigenvalue weighted by Gasteiger charge is -2.31. The van der Waals surface area contributed by atoms with E-state index in [1.165, 1.54) is 10.4 Å². The third kappa shape index (κ3) is 3.06. The van der Waals surface area contributed by atoms with Crippen molar-refractivity contribution >= 4 is 21.6 Å². The molecule has 5 nitrogen and oxygen atoms in total. The van der Waals surface area contributed by atoms with E-state index < -0.39 is 15.8 Å². The number of benzene rings is 1. The van der Waals surface area contributed by atoms with Gasteiger partial charge in [0, 0.05) is 19.6 Å². The Labute approximate surface area is 116 Å². The van der Waals surface area contributed by atoms with E-state index >= 15 is 0 Å². The summed E-state index contributed by atoms with van der Waals surface area (Å²) in [4.78, 5) is -0.103. The highest BCUT2D eigenvalue weighted by molar-refractivity contribution is 7.89. The van der Waals surface area contributed by atoms with E-state index in [1.54, 1.807) is 0 Å². The van der Waals surface area contributed by atoms with Crippen LogP contribution >= 0.6 is 11.6 Å². The normalized spacial score (nSPS) is 21.5. The highest BCUT2D eigenvalue weighted by atomic mass is 35.5. The molecule has 0 saturated carbocycles. The zero-order valence-electron chi connectivity index (χ0n) is 10.1. The maximum absolute atomic E-state index is 13.0. The van der Waals surface area contributed by atoms with Crippen LogP contribution in [0.15, 0.2) is 23.1 Å². The Morgan fingerprint density at radius 3 is 2.89 bits per heavy atom. The topological polar surface area (TPSA) is 72.6 Å². The highest BCUT2D eigenvalue weighted by Crippen LogP contribution is 2.26. The molecule has 1 heterocycles. The molecule has 1 saturated heterocycles. The molecule has 0 amide bonds. The molecule has 1 atom stereocenters. The van der Waals surface area contributed by atoms with E-state index in [1.807, 2.05) is 0 Å². The molecule has 2 rings (SSSR count). The van der Waals surface area contributed by atoms with Crippen LogP contribution in [0.3, 0.4) is 0 Å². The molecule has 106 valence electrons. The summed E-state index contributed by atoms with van der Waals surface area (Å²) < 4.78 is 44.3. The van der Waals surface area contributed by atoms with Gasteiger partial charge in [-0.2, -0.15) is 4.31 Å². The fourth-order valence-electron chi connectivity index (χ4n) is 1.88. The molecule has 0 aliphatic carbocycles. The minimum Gasteiger partial charge on any atom is -0.374 e. The van der Waals surface area contributed by atoms with Crippen molar-refractivity contribution < 1.29 is 17.5 Å². The van der Waals surface area contributed by atoms with Gasteiger partial charge < -0.3 is 10.5 Å². The molecular weight excluding hydrogens is 295 g/mol. The van der Waals surface area contributed by atoms with Gasteiger partial charge in [0.1, 0.15) is 10.7 Å². The van der Waals surface area contributed by atoms with Crippen molar-refractivity contribution in [2.75, 3.05) is 26.2 Å². The summed E-state index contributed by atoms with van der Waals surface area (Å²) in [6.45, 7) is 0.919. The van der Waals surface area contributed by atoms with Gasteiger partial charge in [0.25, 0.3) is 0 Å². The lowest BCUT2D eigenvalue weighted by atomic mass is 10.3. The summed E-state index contributed by atoms with van der Waals surface area (Å²) in [5.74, 6) is -0.578. The van der Waals surface area contributed by atoms with Crippen molar-refractivity contribution in [1.29, 1.82) is 0 Å². The summed E-state index contributed by atoms with van der Waals surface area (Å²) in [6.07, 6.45) is -0.331. The Hall–Kier alpha value is -0.730. The monoisotopic (exact) mass is 308 g/mol. The third-order valence-corrected chi connectivity index (χ3v) is 5.22. The summed E-state index contributed by atoms with van der Waals surface area (Å²) in [5.41, 5.74) is 5.48. The number of rotatable bonds is 3. The first-order chi connectivity index (χ1) is 8.95. The molecular formula is C11H14ClFN2O3S. The number of ether oxygens (including phenoxy) is 1. The first-order valence-corrected chi connectivity index (χ1v) is 7.54. The van der Waals surface area contributed by atoms with Gasteiger partial charge >= 0.3 is 0 Å². The van der Waals surface area contributed by atoms with Gasteiger partial charge in [-0.05, 0) is 18.2 Å². The van der Waals surface area contributed by atoms with Crippen molar-refractivity contribution in [3.63, 3.8) is 0 Å². The minimum atomic E-state index is -3.75. The first-order valence-electron chi connectivity index (χ1n) is 5.72. The van der Waals surface area contributed by atoms with Crippen molar-refractivity contribution in [1.82, 2.24) is 4.31 Å². The van der Waals surface area contributed by atoms with Gasteiger partial charge in [0.2, 0.25) is 10.0 Å². The van der Waals surface area contributed by atoms with Crippen LogP contribution in [0.1, 0.15) is 0 Å². The van der Waals surface area contributed by atoms with E-state index in [0.29, 0.717) is 0 Å². The maximum Gasteiger partial charge on any atom is 0.244 e. The van der Waals surface area contributed by atoms with Crippen molar-refractivity contribution in [2.24, 2.45) is 5.73 Å². The summed E-state index contributed by atoms with van der Waals surface area (Å²) in [7, 11) is -3.75. The molecule has 8 heteroatoms. The van der Waals surface area contributed by atoms with Gasteiger partial charge in [0.05, 0.1) is 17.7 Å². The van der Waals surface area contributed by atoms with Crippen LogP contribution in [0.4, 0.5) is 4.39 Å². The van der Waals surface area contributed by atoms with Crippen LogP contribution in [-0.4, -0.2) is 45.1 Å². The Morgan fingerprint density at radius 2 is 2.26 bits per heavy atom. The molecule has 1 aliphatic rings. The molecule has 1 aromatic rings. The fraction of sp³-hybridized carbons (Fsp3) is 0.455. The lowest BCUT2D eigenvalue weighted by Crippen LogP contribution is -2.48. The second-order valence-corrected chi connectivity index (χ2v) is 6.48. The molecule has 0 aromatic heterocycles. The SMILES string of the molecule is NCC1CN(S(=O)(=O)c2ccc(F)cc2Cl)CCO1. The van der Waals surface area contributed by atoms with Crippen LogP contribution in [0.2, 0.25) is 5.02 Å². The zero-order chi connectivity index (χ0) is 14.0. The second kappa shape index (κ2) is 5.72. The minimum absolute atomic E-state index is 0.103. The van der Waals surface area contributed by atoms with Crippen molar-refractivity contribution in [3.05, 3.63) is 29.0 Å². The molecule has 0 bridgehead atoms. The van der Waals surface area contributed by atoms with E-state index in [2.05, 4.69) is 0 Å². The van der Waals surface area contributed by atoms with Gasteiger partial charge in [-0.15, -0.1) is 0 Å². The van der Waals surface area contributed by atoms with E-state index in [9.17, 15) is 12.8 Å². The zero-order valence-corrected chi connectivity index (χ0v) is 11.6. The Kier molecular flexibility index (Phi) is 4.42. The standard InChI is InChI=1S/C11H14ClFN2O3S/c12-10-5-8(13)1-2-11(10)19(16,17)15-3-4-18-9(6-14)7-15/h1-2,5,9H,3-4,6-7,14H2. The number of nitrogens with two attached hydrogens (primary N) is 1. The maximum atomic E-state index is 13.0. The Morgan fingerprint density at radius 1 is 1.53 bits per heavy atom. The number of hydrogen-bond acceptors (Lipinski definition) is 4. The molecule has 0 spiro atoms. The number of sulfonamides is 1. The van der Waals surface area contributed by atoms with E-state index in [-0.39, 0.29) is 42.3 Å². The summed E-state index contributed by atoms with van der Waals surface area (Å²) in [6, 6.07) is 3.22. The fourth-order valence-corrected chi connectivity index (χ4v) is 3.84. The Bertz CT molecular complexity index is 567. The van der Waals surface area contributed by atoms with Gasteiger partial charge in [-0.25, -0.2) is 12.8 Å². The second-order valence-electron chi connectivity index (χ2n) is 4.17. The molecule has 1 aliphatic heterocycles. The highest BCUT2D eigenvalue weighted by Gasteiger charge is 2.31. The first kappa shape index (κ1) is 14.7. The van der Waals surface area contributed by atoms with Gasteiger partial charge in [-0.3, -0.25) is 0 Å². The summed E-state index contributed by atoms with van der Waals surface area (Å²) >= 11 is 5.80. The van der Waals surface area contributed by atoms with Gasteiger partial charge in [-0.1, -0.05) is 11.6 Å². The molecule has 1 aromatic carbocycles. The van der Waals surface area contributed by atoms with Crippen LogP contribution in [0.25, 0.3) is 0 Å². The van der Waals surface area contributed by atoms with Crippen molar-refractivity contribution in [3.8, 4) is 0 Å². The van der Waals surface area contributed by atoms with Crippen LogP contribution in [-0.2, 0) is 14.8 Å². The van der Waals surface area contributed by atoms with Crippen LogP contribution < -0.4 is 5.73 Å². The van der Waals surface area contributed by atoms with Crippen molar-refractivity contribution in [2.45, 2.75) is 11.0 Å². The molecule has 19 heavy (non-hydrogen) atoms. The molecule has 0 radical (unpaired) electrons. The average molecular weight is 309 g/mol. The summed E-state index contributed by atoms with van der Waals surface area (Å²) in [5, 5.41) is -0.129. The predicted octanol–water partition coefficient (Wildman–Crippen LogP) is 0.827. The van der Waals surface area contributed by atoms with E-state index in [4.69, 9.17) is 22.1 Å². The number of hydrogen-bond donors (Lipinski definition) is 1.